The third-order valence-electron chi connectivity index (χ3n) is 2.22. The van der Waals surface area contributed by atoms with Gasteiger partial charge in [-0.3, -0.25) is 9.59 Å². The summed E-state index contributed by atoms with van der Waals surface area (Å²) in [5.41, 5.74) is 0. The third-order valence-corrected chi connectivity index (χ3v) is 2.22. The molecule has 0 aromatic heterocycles. The standard InChI is InChI=1S/C10H17FO4/c1-2-4-8(11)7(10(14)15)5-3-6-9(12)13/h7-8H,2-6H2,1H3,(H,12,13)(H,14,15). The molecule has 2 unspecified atom stereocenters. The highest BCUT2D eigenvalue weighted by atomic mass is 19.1. The fraction of sp³-hybridized carbons (Fsp3) is 0.800. The van der Waals surface area contributed by atoms with Crippen LogP contribution < -0.4 is 0 Å². The van der Waals surface area contributed by atoms with Crippen LogP contribution in [-0.4, -0.2) is 28.3 Å². The molecule has 0 amide bonds. The highest BCUT2D eigenvalue weighted by Crippen LogP contribution is 2.20. The largest absolute Gasteiger partial charge is 0.481 e. The zero-order valence-electron chi connectivity index (χ0n) is 8.78. The van der Waals surface area contributed by atoms with E-state index in [0.29, 0.717) is 6.42 Å². The molecule has 0 bridgehead atoms. The van der Waals surface area contributed by atoms with Gasteiger partial charge in [0, 0.05) is 6.42 Å². The molecule has 0 saturated heterocycles. The molecule has 0 spiro atoms. The van der Waals surface area contributed by atoms with E-state index < -0.39 is 24.0 Å². The van der Waals surface area contributed by atoms with Gasteiger partial charge in [0.05, 0.1) is 5.92 Å². The molecule has 0 aromatic carbocycles. The van der Waals surface area contributed by atoms with Gasteiger partial charge in [0.15, 0.2) is 0 Å². The molecular formula is C10H17FO4. The Hall–Kier alpha value is -1.13. The van der Waals surface area contributed by atoms with Gasteiger partial charge >= 0.3 is 11.9 Å². The molecule has 0 saturated carbocycles. The van der Waals surface area contributed by atoms with E-state index in [1.807, 2.05) is 0 Å². The van der Waals surface area contributed by atoms with Crippen LogP contribution in [0.2, 0.25) is 0 Å². The van der Waals surface area contributed by atoms with Gasteiger partial charge in [0.25, 0.3) is 0 Å². The number of carboxylic acids is 2. The molecule has 15 heavy (non-hydrogen) atoms. The van der Waals surface area contributed by atoms with Crippen LogP contribution in [0.25, 0.3) is 0 Å². The van der Waals surface area contributed by atoms with Gasteiger partial charge < -0.3 is 10.2 Å². The lowest BCUT2D eigenvalue weighted by atomic mass is 9.94. The molecule has 88 valence electrons. The number of carboxylic acid groups (broad SMARTS) is 2. The molecule has 0 aromatic rings. The van der Waals surface area contributed by atoms with Crippen LogP contribution in [0.1, 0.15) is 39.0 Å². The number of carbonyl (C=O) groups is 2. The average molecular weight is 220 g/mol. The van der Waals surface area contributed by atoms with E-state index in [1.165, 1.54) is 0 Å². The summed E-state index contributed by atoms with van der Waals surface area (Å²) in [5, 5.41) is 17.1. The summed E-state index contributed by atoms with van der Waals surface area (Å²) in [4.78, 5) is 20.9. The van der Waals surface area contributed by atoms with Gasteiger partial charge in [0.2, 0.25) is 0 Å². The molecular weight excluding hydrogens is 203 g/mol. The van der Waals surface area contributed by atoms with Crippen molar-refractivity contribution in [2.45, 2.75) is 45.2 Å². The third kappa shape index (κ3) is 6.04. The smallest absolute Gasteiger partial charge is 0.309 e. The molecule has 0 rings (SSSR count). The lowest BCUT2D eigenvalue weighted by molar-refractivity contribution is -0.145. The first-order valence-corrected chi connectivity index (χ1v) is 5.07. The number of alkyl halides is 1. The summed E-state index contributed by atoms with van der Waals surface area (Å²) in [6.45, 7) is 1.78. The second-order valence-corrected chi connectivity index (χ2v) is 3.54. The minimum Gasteiger partial charge on any atom is -0.481 e. The minimum absolute atomic E-state index is 0.0861. The van der Waals surface area contributed by atoms with Crippen LogP contribution in [0.15, 0.2) is 0 Å². The Kier molecular flexibility index (Phi) is 6.66. The zero-order valence-corrected chi connectivity index (χ0v) is 8.78. The predicted molar refractivity (Wildman–Crippen MR) is 52.4 cm³/mol. The Bertz CT molecular complexity index is 217. The Balaban J connectivity index is 4.04. The Morgan fingerprint density at radius 1 is 1.27 bits per heavy atom. The fourth-order valence-electron chi connectivity index (χ4n) is 1.41. The summed E-state index contributed by atoms with van der Waals surface area (Å²) in [6, 6.07) is 0. The van der Waals surface area contributed by atoms with Crippen molar-refractivity contribution in [3.05, 3.63) is 0 Å². The molecule has 0 aliphatic rings. The van der Waals surface area contributed by atoms with Crippen LogP contribution in [0.3, 0.4) is 0 Å². The van der Waals surface area contributed by atoms with Gasteiger partial charge in [-0.15, -0.1) is 0 Å². The molecule has 2 N–H and O–H groups in total. The summed E-state index contributed by atoms with van der Waals surface area (Å²) in [6.07, 6.45) is -0.392. The van der Waals surface area contributed by atoms with E-state index in [2.05, 4.69) is 0 Å². The predicted octanol–water partition coefficient (Wildman–Crippen LogP) is 2.08. The van der Waals surface area contributed by atoms with E-state index in [1.54, 1.807) is 6.92 Å². The van der Waals surface area contributed by atoms with Crippen LogP contribution in [-0.2, 0) is 9.59 Å². The van der Waals surface area contributed by atoms with Crippen molar-refractivity contribution in [2.24, 2.45) is 5.92 Å². The highest BCUT2D eigenvalue weighted by Gasteiger charge is 2.26. The van der Waals surface area contributed by atoms with Crippen molar-refractivity contribution < 1.29 is 24.2 Å². The minimum atomic E-state index is -1.37. The second kappa shape index (κ2) is 7.20. The quantitative estimate of drug-likeness (QED) is 0.656. The fourth-order valence-corrected chi connectivity index (χ4v) is 1.41. The van der Waals surface area contributed by atoms with Gasteiger partial charge in [0.1, 0.15) is 6.17 Å². The zero-order chi connectivity index (χ0) is 11.8. The van der Waals surface area contributed by atoms with Gasteiger partial charge in [-0.1, -0.05) is 13.3 Å². The van der Waals surface area contributed by atoms with Gasteiger partial charge in [-0.05, 0) is 19.3 Å². The monoisotopic (exact) mass is 220 g/mol. The summed E-state index contributed by atoms with van der Waals surface area (Å²) in [5.74, 6) is -3.23. The maximum Gasteiger partial charge on any atom is 0.309 e. The summed E-state index contributed by atoms with van der Waals surface area (Å²) >= 11 is 0. The number of hydrogen-bond donors (Lipinski definition) is 2. The van der Waals surface area contributed by atoms with Crippen molar-refractivity contribution in [2.75, 3.05) is 0 Å². The normalized spacial score (nSPS) is 14.5. The Morgan fingerprint density at radius 3 is 2.27 bits per heavy atom. The lowest BCUT2D eigenvalue weighted by Crippen LogP contribution is -2.25. The molecule has 0 aliphatic carbocycles. The van der Waals surface area contributed by atoms with Crippen LogP contribution >= 0.6 is 0 Å². The number of hydrogen-bond acceptors (Lipinski definition) is 2. The van der Waals surface area contributed by atoms with Crippen LogP contribution in [0.4, 0.5) is 4.39 Å². The molecule has 0 heterocycles. The van der Waals surface area contributed by atoms with Crippen molar-refractivity contribution in [1.29, 1.82) is 0 Å². The number of aliphatic carboxylic acids is 2. The lowest BCUT2D eigenvalue weighted by Gasteiger charge is -2.15. The van der Waals surface area contributed by atoms with Crippen LogP contribution in [0.5, 0.6) is 0 Å². The topological polar surface area (TPSA) is 74.6 Å². The first kappa shape index (κ1) is 13.9. The van der Waals surface area contributed by atoms with Crippen LogP contribution in [0, 0.1) is 5.92 Å². The first-order chi connectivity index (χ1) is 6.99. The molecule has 4 nitrogen and oxygen atoms in total. The maximum atomic E-state index is 13.3. The van der Waals surface area contributed by atoms with Crippen molar-refractivity contribution >= 4 is 11.9 Å². The summed E-state index contributed by atoms with van der Waals surface area (Å²) in [7, 11) is 0. The van der Waals surface area contributed by atoms with E-state index in [4.69, 9.17) is 10.2 Å². The first-order valence-electron chi connectivity index (χ1n) is 5.07. The summed E-state index contributed by atoms with van der Waals surface area (Å²) < 4.78 is 13.3. The molecule has 0 radical (unpaired) electrons. The number of rotatable bonds is 8. The van der Waals surface area contributed by atoms with E-state index in [-0.39, 0.29) is 25.7 Å². The van der Waals surface area contributed by atoms with Crippen molar-refractivity contribution in [3.63, 3.8) is 0 Å². The van der Waals surface area contributed by atoms with Gasteiger partial charge in [-0.25, -0.2) is 4.39 Å². The Labute approximate surface area is 88.1 Å². The van der Waals surface area contributed by atoms with E-state index in [0.717, 1.165) is 0 Å². The molecule has 5 heteroatoms. The van der Waals surface area contributed by atoms with E-state index in [9.17, 15) is 14.0 Å². The SMILES string of the molecule is CCCC(F)C(CCCC(=O)O)C(=O)O. The average Bonchev–Trinajstić information content (AvgIpc) is 2.11. The van der Waals surface area contributed by atoms with Crippen molar-refractivity contribution in [3.8, 4) is 0 Å². The maximum absolute atomic E-state index is 13.3. The number of halogens is 1. The van der Waals surface area contributed by atoms with Crippen molar-refractivity contribution in [1.82, 2.24) is 0 Å². The molecule has 0 fully saturated rings. The van der Waals surface area contributed by atoms with Gasteiger partial charge in [-0.2, -0.15) is 0 Å². The Morgan fingerprint density at radius 2 is 1.87 bits per heavy atom. The highest BCUT2D eigenvalue weighted by molar-refractivity contribution is 5.71. The second-order valence-electron chi connectivity index (χ2n) is 3.54. The molecule has 2 atom stereocenters. The van der Waals surface area contributed by atoms with E-state index >= 15 is 0 Å². The molecule has 0 aliphatic heterocycles.